The molecule has 2 aromatic rings. The number of hydrogen-bond donors (Lipinski definition) is 1. The molecular formula is C16H21BN4O3. The lowest BCUT2D eigenvalue weighted by molar-refractivity contribution is -0.384. The Balaban J connectivity index is 1.77. The smallest absolute Gasteiger partial charge is 0.360 e. The molecule has 0 amide bonds. The summed E-state index contributed by atoms with van der Waals surface area (Å²) >= 11 is 0. The molecule has 1 aromatic heterocycles. The van der Waals surface area contributed by atoms with E-state index in [1.54, 1.807) is 25.4 Å². The van der Waals surface area contributed by atoms with Crippen LogP contribution in [0.25, 0.3) is 10.9 Å². The summed E-state index contributed by atoms with van der Waals surface area (Å²) < 4.78 is 5.00. The molecule has 1 aliphatic heterocycles. The third-order valence-electron chi connectivity index (χ3n) is 4.53. The molecule has 8 heteroatoms. The lowest BCUT2D eigenvalue weighted by Gasteiger charge is -2.33. The van der Waals surface area contributed by atoms with Crippen molar-refractivity contribution in [2.24, 2.45) is 5.92 Å². The molecule has 7 nitrogen and oxygen atoms in total. The summed E-state index contributed by atoms with van der Waals surface area (Å²) in [6, 6.07) is 7.12. The van der Waals surface area contributed by atoms with Crippen molar-refractivity contribution in [2.45, 2.75) is 12.8 Å². The quantitative estimate of drug-likeness (QED) is 0.377. The van der Waals surface area contributed by atoms with E-state index in [1.165, 1.54) is 0 Å². The minimum Gasteiger partial charge on any atom is -0.427 e. The van der Waals surface area contributed by atoms with E-state index in [0.717, 1.165) is 43.4 Å². The molecule has 1 N–H and O–H groups in total. The maximum absolute atomic E-state index is 11.5. The van der Waals surface area contributed by atoms with Gasteiger partial charge in [-0.25, -0.2) is 0 Å². The van der Waals surface area contributed by atoms with Gasteiger partial charge < -0.3 is 14.8 Å². The predicted octanol–water partition coefficient (Wildman–Crippen LogP) is 1.86. The van der Waals surface area contributed by atoms with Gasteiger partial charge in [0.2, 0.25) is 0 Å². The van der Waals surface area contributed by atoms with Crippen LogP contribution in [0.2, 0.25) is 0 Å². The zero-order chi connectivity index (χ0) is 16.9. The van der Waals surface area contributed by atoms with Crippen LogP contribution >= 0.6 is 0 Å². The number of aromatic nitrogens is 1. The highest BCUT2D eigenvalue weighted by atomic mass is 16.6. The lowest BCUT2D eigenvalue weighted by atomic mass is 9.95. The fourth-order valence-electron chi connectivity index (χ4n) is 3.24. The van der Waals surface area contributed by atoms with Gasteiger partial charge in [0.05, 0.1) is 10.4 Å². The highest BCUT2D eigenvalue weighted by Gasteiger charge is 2.25. The van der Waals surface area contributed by atoms with Gasteiger partial charge in [0, 0.05) is 37.8 Å². The summed E-state index contributed by atoms with van der Waals surface area (Å²) in [6.07, 6.45) is 3.73. The number of piperidine rings is 1. The molecule has 0 aliphatic carbocycles. The van der Waals surface area contributed by atoms with E-state index < -0.39 is 0 Å². The first-order valence-corrected chi connectivity index (χ1v) is 8.17. The van der Waals surface area contributed by atoms with Gasteiger partial charge in [-0.3, -0.25) is 15.1 Å². The monoisotopic (exact) mass is 328 g/mol. The van der Waals surface area contributed by atoms with E-state index in [9.17, 15) is 10.1 Å². The third kappa shape index (κ3) is 3.65. The minimum atomic E-state index is -0.298. The number of fused-ring (bicyclic) bond motifs is 1. The number of hydrogen-bond acceptors (Lipinski definition) is 6. The van der Waals surface area contributed by atoms with E-state index in [1.807, 2.05) is 12.1 Å². The Hall–Kier alpha value is -2.19. The molecule has 24 heavy (non-hydrogen) atoms. The van der Waals surface area contributed by atoms with Gasteiger partial charge in [0.1, 0.15) is 5.69 Å². The Bertz CT molecular complexity index is 720. The summed E-state index contributed by atoms with van der Waals surface area (Å²) in [5, 5.41) is 15.5. The lowest BCUT2D eigenvalue weighted by Crippen LogP contribution is -2.38. The molecule has 1 fully saturated rings. The van der Waals surface area contributed by atoms with Gasteiger partial charge in [-0.05, 0) is 37.4 Å². The number of pyridine rings is 1. The summed E-state index contributed by atoms with van der Waals surface area (Å²) in [7, 11) is 2.23. The molecule has 1 aliphatic rings. The first-order chi connectivity index (χ1) is 11.7. The van der Waals surface area contributed by atoms with E-state index in [2.05, 4.69) is 15.1 Å². The predicted molar refractivity (Wildman–Crippen MR) is 95.5 cm³/mol. The van der Waals surface area contributed by atoms with Crippen LogP contribution in [-0.4, -0.2) is 44.3 Å². The molecule has 2 heterocycles. The molecule has 0 saturated carbocycles. The average molecular weight is 328 g/mol. The Morgan fingerprint density at radius 1 is 1.46 bits per heavy atom. The summed E-state index contributed by atoms with van der Waals surface area (Å²) in [4.78, 5) is 17.6. The fraction of sp³-hybridized carbons (Fsp3) is 0.438. The van der Waals surface area contributed by atoms with Crippen molar-refractivity contribution in [3.05, 3.63) is 40.6 Å². The van der Waals surface area contributed by atoms with E-state index in [-0.39, 0.29) is 10.6 Å². The number of rotatable bonds is 6. The van der Waals surface area contributed by atoms with Crippen molar-refractivity contribution in [3.8, 4) is 0 Å². The van der Waals surface area contributed by atoms with Gasteiger partial charge >= 0.3 is 7.62 Å². The van der Waals surface area contributed by atoms with Crippen molar-refractivity contribution >= 4 is 29.9 Å². The standard InChI is InChI=1S/C16H21BN4O3/c1-24-17-19-11-12-4-7-20(8-5-12)15-10-14-13(3-2-6-18-14)9-16(15)21(22)23/h2-3,6,9-10,12,17,19H,4-5,7-8,11H2,1H3. The SMILES string of the molecule is COBNCC1CCN(c2cc3ncccc3cc2[N+](=O)[O-])CC1. The molecule has 0 atom stereocenters. The van der Waals surface area contributed by atoms with Crippen LogP contribution in [0, 0.1) is 16.0 Å². The van der Waals surface area contributed by atoms with E-state index >= 15 is 0 Å². The van der Waals surface area contributed by atoms with Crippen LogP contribution in [0.15, 0.2) is 30.5 Å². The third-order valence-corrected chi connectivity index (χ3v) is 4.53. The largest absolute Gasteiger partial charge is 0.427 e. The van der Waals surface area contributed by atoms with Crippen molar-refractivity contribution in [3.63, 3.8) is 0 Å². The highest BCUT2D eigenvalue weighted by molar-refractivity contribution is 6.23. The number of benzene rings is 1. The van der Waals surface area contributed by atoms with Crippen LogP contribution in [0.1, 0.15) is 12.8 Å². The van der Waals surface area contributed by atoms with Crippen LogP contribution in [0.4, 0.5) is 11.4 Å². The maximum Gasteiger partial charge on any atom is 0.360 e. The summed E-state index contributed by atoms with van der Waals surface area (Å²) in [5.74, 6) is 0.578. The van der Waals surface area contributed by atoms with E-state index in [0.29, 0.717) is 19.2 Å². The Morgan fingerprint density at radius 2 is 2.25 bits per heavy atom. The number of nitrogens with zero attached hydrogens (tertiary/aromatic N) is 3. The first-order valence-electron chi connectivity index (χ1n) is 8.17. The zero-order valence-corrected chi connectivity index (χ0v) is 13.8. The molecule has 3 rings (SSSR count). The van der Waals surface area contributed by atoms with Crippen LogP contribution < -0.4 is 10.1 Å². The van der Waals surface area contributed by atoms with Crippen molar-refractivity contribution in [1.29, 1.82) is 0 Å². The second kappa shape index (κ2) is 7.59. The van der Waals surface area contributed by atoms with Crippen molar-refractivity contribution in [1.82, 2.24) is 10.2 Å². The van der Waals surface area contributed by atoms with Gasteiger partial charge in [-0.1, -0.05) is 6.07 Å². The molecule has 1 saturated heterocycles. The Kier molecular flexibility index (Phi) is 5.27. The van der Waals surface area contributed by atoms with Crippen molar-refractivity contribution in [2.75, 3.05) is 31.6 Å². The Morgan fingerprint density at radius 3 is 2.96 bits per heavy atom. The highest BCUT2D eigenvalue weighted by Crippen LogP contribution is 2.34. The summed E-state index contributed by atoms with van der Waals surface area (Å²) in [5.41, 5.74) is 1.63. The van der Waals surface area contributed by atoms with E-state index in [4.69, 9.17) is 4.65 Å². The fourth-order valence-corrected chi connectivity index (χ4v) is 3.24. The number of nitro benzene ring substituents is 1. The first kappa shape index (κ1) is 16.7. The normalized spacial score (nSPS) is 15.6. The van der Waals surface area contributed by atoms with Crippen LogP contribution in [0.3, 0.4) is 0 Å². The summed E-state index contributed by atoms with van der Waals surface area (Å²) in [6.45, 7) is 2.56. The molecular weight excluding hydrogens is 307 g/mol. The zero-order valence-electron chi connectivity index (χ0n) is 13.8. The Labute approximate surface area is 141 Å². The van der Waals surface area contributed by atoms with Gasteiger partial charge in [-0.2, -0.15) is 0 Å². The molecule has 0 unspecified atom stereocenters. The molecule has 0 bridgehead atoms. The molecule has 0 spiro atoms. The minimum absolute atomic E-state index is 0.159. The molecule has 1 aromatic carbocycles. The second-order valence-electron chi connectivity index (χ2n) is 6.11. The van der Waals surface area contributed by atoms with Gasteiger partial charge in [-0.15, -0.1) is 0 Å². The van der Waals surface area contributed by atoms with Crippen LogP contribution in [-0.2, 0) is 4.65 Å². The van der Waals surface area contributed by atoms with Crippen LogP contribution in [0.5, 0.6) is 0 Å². The maximum atomic E-state index is 11.5. The molecule has 126 valence electrons. The van der Waals surface area contributed by atoms with Gasteiger partial charge in [0.15, 0.2) is 0 Å². The number of nitro groups is 1. The van der Waals surface area contributed by atoms with Gasteiger partial charge in [0.25, 0.3) is 5.69 Å². The van der Waals surface area contributed by atoms with Crippen molar-refractivity contribution < 1.29 is 9.58 Å². The number of nitrogens with one attached hydrogen (secondary N) is 1. The average Bonchev–Trinajstić information content (AvgIpc) is 2.61. The molecule has 0 radical (unpaired) electrons. The second-order valence-corrected chi connectivity index (χ2v) is 6.11. The topological polar surface area (TPSA) is 80.5 Å². The number of anilines is 1.